The van der Waals surface area contributed by atoms with Gasteiger partial charge >= 0.3 is 0 Å². The number of aryl methyl sites for hydroxylation is 3. The zero-order valence-electron chi connectivity index (χ0n) is 16.8. The van der Waals surface area contributed by atoms with Crippen molar-refractivity contribution in [3.63, 3.8) is 0 Å². The van der Waals surface area contributed by atoms with Crippen LogP contribution in [0.2, 0.25) is 0 Å². The Kier molecular flexibility index (Phi) is 5.38. The number of phenolic OH excluding ortho intramolecular Hbond substituents is 1. The molecule has 4 heteroatoms. The van der Waals surface area contributed by atoms with Gasteiger partial charge in [0.2, 0.25) is 0 Å². The van der Waals surface area contributed by atoms with Crippen molar-refractivity contribution in [2.24, 2.45) is 0 Å². The van der Waals surface area contributed by atoms with Gasteiger partial charge in [0.1, 0.15) is 23.6 Å². The third-order valence-electron chi connectivity index (χ3n) is 5.54. The van der Waals surface area contributed by atoms with E-state index in [9.17, 15) is 9.90 Å². The lowest BCUT2D eigenvalue weighted by Crippen LogP contribution is -3.10. The topological polar surface area (TPSA) is 54.9 Å². The van der Waals surface area contributed by atoms with Crippen molar-refractivity contribution in [3.8, 4) is 5.75 Å². The smallest absolute Gasteiger partial charge is 0.197 e. The van der Waals surface area contributed by atoms with Crippen molar-refractivity contribution in [1.82, 2.24) is 0 Å². The normalized spacial score (nSPS) is 11.5. The highest BCUT2D eigenvalue weighted by atomic mass is 16.3. The number of aromatic hydroxyl groups is 1. The molecule has 0 amide bonds. The SMILES string of the molecule is CC[NH+](CC)Cc1c(O)ccc2oc(C)c(C(=O)c3ccc(C)c(C)c3)c12. The number of hydrogen-bond donors (Lipinski definition) is 2. The molecule has 3 aromatic rings. The van der Waals surface area contributed by atoms with Gasteiger partial charge in [-0.25, -0.2) is 0 Å². The molecule has 3 rings (SSSR count). The minimum atomic E-state index is -0.0595. The predicted octanol–water partition coefficient (Wildman–Crippen LogP) is 3.72. The number of quaternary nitrogens is 1. The maximum atomic E-state index is 13.3. The van der Waals surface area contributed by atoms with Crippen LogP contribution < -0.4 is 4.90 Å². The molecule has 0 spiro atoms. The first-order chi connectivity index (χ1) is 12.9. The Hall–Kier alpha value is -2.59. The molecular weight excluding hydrogens is 338 g/mol. The summed E-state index contributed by atoms with van der Waals surface area (Å²) in [6, 6.07) is 9.16. The standard InChI is InChI=1S/C23H27NO3/c1-6-24(7-2)13-18-19(25)10-11-20-22(18)21(16(5)27-20)23(26)17-9-8-14(3)15(4)12-17/h8-12,25H,6-7,13H2,1-5H3/p+1. The molecule has 0 aliphatic carbocycles. The first kappa shape index (κ1) is 19.2. The fourth-order valence-corrected chi connectivity index (χ4v) is 3.60. The summed E-state index contributed by atoms with van der Waals surface area (Å²) in [6.45, 7) is 12.7. The Bertz CT molecular complexity index is 997. The average molecular weight is 366 g/mol. The van der Waals surface area contributed by atoms with Crippen LogP contribution in [0.15, 0.2) is 34.7 Å². The minimum absolute atomic E-state index is 0.0595. The minimum Gasteiger partial charge on any atom is -0.507 e. The summed E-state index contributed by atoms with van der Waals surface area (Å²) in [7, 11) is 0. The van der Waals surface area contributed by atoms with E-state index in [1.54, 1.807) is 12.1 Å². The Morgan fingerprint density at radius 2 is 1.74 bits per heavy atom. The van der Waals surface area contributed by atoms with E-state index in [-0.39, 0.29) is 11.5 Å². The number of benzene rings is 2. The molecule has 0 unspecified atom stereocenters. The summed E-state index contributed by atoms with van der Waals surface area (Å²) in [5, 5.41) is 11.3. The molecule has 142 valence electrons. The van der Waals surface area contributed by atoms with Gasteiger partial charge in [-0.05, 0) is 63.9 Å². The summed E-state index contributed by atoms with van der Waals surface area (Å²) in [6.07, 6.45) is 0. The maximum Gasteiger partial charge on any atom is 0.197 e. The van der Waals surface area contributed by atoms with Crippen LogP contribution >= 0.6 is 0 Å². The fourth-order valence-electron chi connectivity index (χ4n) is 3.60. The summed E-state index contributed by atoms with van der Waals surface area (Å²) in [5.74, 6) is 0.752. The monoisotopic (exact) mass is 366 g/mol. The van der Waals surface area contributed by atoms with Gasteiger partial charge in [-0.3, -0.25) is 4.79 Å². The number of nitrogens with one attached hydrogen (secondary N) is 1. The highest BCUT2D eigenvalue weighted by Gasteiger charge is 2.25. The Labute approximate surface area is 160 Å². The third-order valence-corrected chi connectivity index (χ3v) is 5.54. The number of fused-ring (bicyclic) bond motifs is 1. The van der Waals surface area contributed by atoms with Gasteiger partial charge in [-0.1, -0.05) is 12.1 Å². The number of phenols is 1. The molecule has 0 saturated carbocycles. The van der Waals surface area contributed by atoms with E-state index >= 15 is 0 Å². The Morgan fingerprint density at radius 3 is 2.37 bits per heavy atom. The van der Waals surface area contributed by atoms with Crippen LogP contribution in [-0.4, -0.2) is 24.0 Å². The summed E-state index contributed by atoms with van der Waals surface area (Å²) in [4.78, 5) is 14.7. The van der Waals surface area contributed by atoms with Crippen molar-refractivity contribution >= 4 is 16.8 Å². The van der Waals surface area contributed by atoms with Crippen molar-refractivity contribution in [1.29, 1.82) is 0 Å². The lowest BCUT2D eigenvalue weighted by Gasteiger charge is -2.17. The van der Waals surface area contributed by atoms with Crippen LogP contribution in [0.3, 0.4) is 0 Å². The molecule has 0 bridgehead atoms. The second kappa shape index (κ2) is 7.57. The number of rotatable bonds is 6. The van der Waals surface area contributed by atoms with Gasteiger partial charge < -0.3 is 14.4 Å². The van der Waals surface area contributed by atoms with Crippen LogP contribution in [0.25, 0.3) is 11.0 Å². The molecule has 0 aliphatic heterocycles. The van der Waals surface area contributed by atoms with Crippen LogP contribution in [0, 0.1) is 20.8 Å². The zero-order chi connectivity index (χ0) is 19.7. The van der Waals surface area contributed by atoms with Gasteiger partial charge in [0.05, 0.1) is 24.2 Å². The molecule has 0 aliphatic rings. The summed E-state index contributed by atoms with van der Waals surface area (Å²) < 4.78 is 5.90. The molecule has 0 radical (unpaired) electrons. The Morgan fingerprint density at radius 1 is 1.04 bits per heavy atom. The average Bonchev–Trinajstić information content (AvgIpc) is 2.99. The number of carbonyl (C=O) groups is 1. The highest BCUT2D eigenvalue weighted by molar-refractivity contribution is 6.17. The second-order valence-corrected chi connectivity index (χ2v) is 7.23. The summed E-state index contributed by atoms with van der Waals surface area (Å²) >= 11 is 0. The largest absolute Gasteiger partial charge is 0.507 e. The number of furan rings is 1. The van der Waals surface area contributed by atoms with Crippen LogP contribution in [0.4, 0.5) is 0 Å². The molecule has 1 heterocycles. The van der Waals surface area contributed by atoms with Gasteiger partial charge in [0.15, 0.2) is 5.78 Å². The number of hydrogen-bond acceptors (Lipinski definition) is 3. The molecule has 0 saturated heterocycles. The van der Waals surface area contributed by atoms with Crippen molar-refractivity contribution < 1.29 is 19.2 Å². The molecule has 1 aromatic heterocycles. The first-order valence-corrected chi connectivity index (χ1v) is 9.56. The number of carbonyl (C=O) groups excluding carboxylic acids is 1. The molecule has 0 fully saturated rings. The van der Waals surface area contributed by atoms with E-state index in [4.69, 9.17) is 4.42 Å². The predicted molar refractivity (Wildman–Crippen MR) is 108 cm³/mol. The first-order valence-electron chi connectivity index (χ1n) is 9.56. The van der Waals surface area contributed by atoms with Crippen LogP contribution in [-0.2, 0) is 6.54 Å². The fraction of sp³-hybridized carbons (Fsp3) is 0.348. The van der Waals surface area contributed by atoms with Gasteiger partial charge in [0.25, 0.3) is 0 Å². The quantitative estimate of drug-likeness (QED) is 0.654. The van der Waals surface area contributed by atoms with E-state index in [0.29, 0.717) is 29.0 Å². The summed E-state index contributed by atoms with van der Waals surface area (Å²) in [5.41, 5.74) is 4.89. The highest BCUT2D eigenvalue weighted by Crippen LogP contribution is 2.35. The molecule has 0 atom stereocenters. The van der Waals surface area contributed by atoms with Crippen molar-refractivity contribution in [2.45, 2.75) is 41.2 Å². The van der Waals surface area contributed by atoms with Crippen molar-refractivity contribution in [2.75, 3.05) is 13.1 Å². The number of ketones is 1. The van der Waals surface area contributed by atoms with Gasteiger partial charge in [0, 0.05) is 10.9 Å². The molecule has 27 heavy (non-hydrogen) atoms. The van der Waals surface area contributed by atoms with Gasteiger partial charge in [-0.2, -0.15) is 0 Å². The lowest BCUT2D eigenvalue weighted by atomic mass is 9.95. The molecule has 4 nitrogen and oxygen atoms in total. The maximum absolute atomic E-state index is 13.3. The van der Waals surface area contributed by atoms with Crippen molar-refractivity contribution in [3.05, 3.63) is 63.9 Å². The van der Waals surface area contributed by atoms with Gasteiger partial charge in [-0.15, -0.1) is 0 Å². The second-order valence-electron chi connectivity index (χ2n) is 7.23. The van der Waals surface area contributed by atoms with Crippen LogP contribution in [0.5, 0.6) is 5.75 Å². The molecule has 2 aromatic carbocycles. The van der Waals surface area contributed by atoms with E-state index in [1.807, 2.05) is 39.0 Å². The molecular formula is C23H28NO3+. The van der Waals surface area contributed by atoms with E-state index < -0.39 is 0 Å². The van der Waals surface area contributed by atoms with E-state index in [0.717, 1.165) is 35.2 Å². The lowest BCUT2D eigenvalue weighted by molar-refractivity contribution is -0.910. The Balaban J connectivity index is 2.20. The zero-order valence-corrected chi connectivity index (χ0v) is 16.8. The third kappa shape index (κ3) is 3.50. The van der Waals surface area contributed by atoms with E-state index in [2.05, 4.69) is 13.8 Å². The van der Waals surface area contributed by atoms with E-state index in [1.165, 1.54) is 4.90 Å². The van der Waals surface area contributed by atoms with Crippen LogP contribution in [0.1, 0.15) is 52.2 Å². The molecule has 2 N–H and O–H groups in total.